The summed E-state index contributed by atoms with van der Waals surface area (Å²) in [6.07, 6.45) is -2.28. The highest BCUT2D eigenvalue weighted by molar-refractivity contribution is 7.90. The fourth-order valence-corrected chi connectivity index (χ4v) is 4.24. The monoisotopic (exact) mass is 613 g/mol. The van der Waals surface area contributed by atoms with E-state index >= 15 is 0 Å². The van der Waals surface area contributed by atoms with Gasteiger partial charge in [-0.25, -0.2) is 32.2 Å². The van der Waals surface area contributed by atoms with Crippen LogP contribution >= 0.6 is 11.6 Å². The molecule has 0 bridgehead atoms. The minimum Gasteiger partial charge on any atom is -0.480 e. The van der Waals surface area contributed by atoms with Crippen LogP contribution in [0.15, 0.2) is 42.7 Å². The smallest absolute Gasteiger partial charge is 0.435 e. The second-order valence-corrected chi connectivity index (χ2v) is 10.8. The van der Waals surface area contributed by atoms with Gasteiger partial charge in [-0.2, -0.15) is 23.3 Å². The number of methoxy groups -OCH3 is 1. The molecule has 4 aromatic rings. The summed E-state index contributed by atoms with van der Waals surface area (Å²) in [6, 6.07) is 5.75. The Bertz CT molecular complexity index is 1750. The number of aromatic nitrogens is 5. The van der Waals surface area contributed by atoms with Gasteiger partial charge in [0, 0.05) is 34.9 Å². The first-order chi connectivity index (χ1) is 19.2. The topological polar surface area (TPSA) is 141 Å². The van der Waals surface area contributed by atoms with Crippen molar-refractivity contribution in [2.45, 2.75) is 20.0 Å². The molecule has 216 valence electrons. The molecule has 4 rings (SSSR count). The maximum absolute atomic E-state index is 13.6. The zero-order valence-electron chi connectivity index (χ0n) is 21.4. The van der Waals surface area contributed by atoms with Crippen molar-refractivity contribution in [3.63, 3.8) is 0 Å². The van der Waals surface area contributed by atoms with Crippen molar-refractivity contribution in [2.24, 2.45) is 0 Å². The van der Waals surface area contributed by atoms with Crippen LogP contribution in [0, 0.1) is 12.7 Å². The Hall–Kier alpha value is -4.31. The van der Waals surface area contributed by atoms with Gasteiger partial charge in [-0.15, -0.1) is 0 Å². The van der Waals surface area contributed by atoms with Crippen LogP contribution in [0.5, 0.6) is 5.88 Å². The second kappa shape index (κ2) is 11.3. The molecule has 0 saturated carbocycles. The molecule has 1 amide bonds. The van der Waals surface area contributed by atoms with Gasteiger partial charge < -0.3 is 10.1 Å². The third-order valence-electron chi connectivity index (χ3n) is 5.55. The van der Waals surface area contributed by atoms with Crippen molar-refractivity contribution in [1.82, 2.24) is 29.5 Å². The average Bonchev–Trinajstić information content (AvgIpc) is 3.32. The summed E-state index contributed by atoms with van der Waals surface area (Å²) in [7, 11) is -2.73. The molecule has 0 aliphatic rings. The Labute approximate surface area is 235 Å². The van der Waals surface area contributed by atoms with Crippen LogP contribution in [0.25, 0.3) is 16.9 Å². The number of nitrogens with zero attached hydrogens (tertiary/aromatic N) is 5. The summed E-state index contributed by atoms with van der Waals surface area (Å²) in [5.74, 6) is -2.55. The van der Waals surface area contributed by atoms with Gasteiger partial charge in [0.15, 0.2) is 11.5 Å². The van der Waals surface area contributed by atoms with Crippen molar-refractivity contribution < 1.29 is 35.5 Å². The van der Waals surface area contributed by atoms with Gasteiger partial charge in [0.05, 0.1) is 17.9 Å². The normalized spacial score (nSPS) is 11.8. The van der Waals surface area contributed by atoms with Crippen molar-refractivity contribution in [1.29, 1.82) is 0 Å². The Morgan fingerprint density at radius 2 is 1.88 bits per heavy atom. The molecule has 2 N–H and O–H groups in total. The van der Waals surface area contributed by atoms with E-state index in [2.05, 4.69) is 25.4 Å². The van der Waals surface area contributed by atoms with Crippen LogP contribution in [0.2, 0.25) is 5.02 Å². The molecule has 11 nitrogen and oxygen atoms in total. The van der Waals surface area contributed by atoms with Crippen LogP contribution in [-0.2, 0) is 16.2 Å². The summed E-state index contributed by atoms with van der Waals surface area (Å²) in [6.45, 7) is 2.71. The summed E-state index contributed by atoms with van der Waals surface area (Å²) in [5, 5.41) is 6.27. The minimum atomic E-state index is -4.76. The van der Waals surface area contributed by atoms with E-state index in [9.17, 15) is 30.8 Å². The molecule has 41 heavy (non-hydrogen) atoms. The Kier molecular flexibility index (Phi) is 8.17. The lowest BCUT2D eigenvalue weighted by Gasteiger charge is -2.14. The molecular formula is C24H20ClF4N7O4S. The van der Waals surface area contributed by atoms with Gasteiger partial charge in [-0.3, -0.25) is 4.79 Å². The molecule has 17 heteroatoms. The highest BCUT2D eigenvalue weighted by Gasteiger charge is 2.35. The first-order valence-electron chi connectivity index (χ1n) is 11.5. The Balaban J connectivity index is 1.88. The predicted octanol–water partition coefficient (Wildman–Crippen LogP) is 4.68. The Morgan fingerprint density at radius 1 is 1.15 bits per heavy atom. The van der Waals surface area contributed by atoms with E-state index < -0.39 is 33.6 Å². The van der Waals surface area contributed by atoms with Gasteiger partial charge in [-0.05, 0) is 44.2 Å². The summed E-state index contributed by atoms with van der Waals surface area (Å²) in [5.41, 5.74) is -0.914. The fraction of sp³-hybridized carbons (Fsp3) is 0.208. The van der Waals surface area contributed by atoms with Crippen LogP contribution in [0.4, 0.5) is 29.2 Å². The molecule has 0 spiro atoms. The van der Waals surface area contributed by atoms with Gasteiger partial charge in [0.25, 0.3) is 5.91 Å². The number of hydrogen-bond donors (Lipinski definition) is 2. The number of anilines is 2. The third kappa shape index (κ3) is 6.54. The quantitative estimate of drug-likeness (QED) is 0.271. The average molecular weight is 614 g/mol. The molecule has 0 aliphatic heterocycles. The van der Waals surface area contributed by atoms with Crippen molar-refractivity contribution in [3.8, 4) is 22.8 Å². The first-order valence-corrected chi connectivity index (χ1v) is 13.6. The van der Waals surface area contributed by atoms with E-state index in [1.807, 2.05) is 4.72 Å². The molecule has 0 fully saturated rings. The highest BCUT2D eigenvalue weighted by atomic mass is 35.5. The van der Waals surface area contributed by atoms with E-state index in [1.54, 1.807) is 0 Å². The van der Waals surface area contributed by atoms with Crippen molar-refractivity contribution >= 4 is 39.2 Å². The predicted molar refractivity (Wildman–Crippen MR) is 140 cm³/mol. The van der Waals surface area contributed by atoms with Crippen molar-refractivity contribution in [3.05, 3.63) is 70.5 Å². The first kappa shape index (κ1) is 29.7. The number of alkyl halides is 3. The number of sulfonamides is 1. The number of halogens is 5. The van der Waals surface area contributed by atoms with Gasteiger partial charge in [0.1, 0.15) is 11.4 Å². The number of carbonyl (C=O) groups is 1. The van der Waals surface area contributed by atoms with E-state index in [-0.39, 0.29) is 56.5 Å². The maximum Gasteiger partial charge on any atom is 0.435 e. The zero-order valence-corrected chi connectivity index (χ0v) is 23.0. The lowest BCUT2D eigenvalue weighted by Crippen LogP contribution is -2.32. The number of pyridine rings is 1. The molecule has 0 unspecified atom stereocenters. The Morgan fingerprint density at radius 3 is 2.49 bits per heavy atom. The molecule has 3 heterocycles. The van der Waals surface area contributed by atoms with Crippen LogP contribution in [-0.4, -0.2) is 51.9 Å². The van der Waals surface area contributed by atoms with Crippen molar-refractivity contribution in [2.75, 3.05) is 18.2 Å². The number of benzene rings is 1. The third-order valence-corrected chi connectivity index (χ3v) is 7.10. The molecule has 3 aromatic heterocycles. The van der Waals surface area contributed by atoms with Gasteiger partial charge in [-0.1, -0.05) is 11.6 Å². The molecular weight excluding hydrogens is 594 g/mol. The van der Waals surface area contributed by atoms with Gasteiger partial charge >= 0.3 is 6.18 Å². The lowest BCUT2D eigenvalue weighted by molar-refractivity contribution is -0.141. The fourth-order valence-electron chi connectivity index (χ4n) is 3.52. The van der Waals surface area contributed by atoms with Crippen LogP contribution in [0.1, 0.15) is 28.7 Å². The summed E-state index contributed by atoms with van der Waals surface area (Å²) < 4.78 is 85.8. The number of hydrogen-bond acceptors (Lipinski definition) is 9. The SMILES string of the molecule is CCS(=O)(=O)NC(=O)c1cc(-c2cnc(Nc3ccc(F)c(Cl)c3)nc2-n2nc(C(F)(F)F)cc2C)cnc1OC. The summed E-state index contributed by atoms with van der Waals surface area (Å²) in [4.78, 5) is 25.4. The molecule has 0 aliphatic carbocycles. The number of rotatable bonds is 8. The molecule has 0 saturated heterocycles. The number of aryl methyl sites for hydroxylation is 1. The van der Waals surface area contributed by atoms with Crippen LogP contribution < -0.4 is 14.8 Å². The largest absolute Gasteiger partial charge is 0.480 e. The molecule has 1 aromatic carbocycles. The number of nitrogens with one attached hydrogen (secondary N) is 2. The lowest BCUT2D eigenvalue weighted by atomic mass is 10.1. The van der Waals surface area contributed by atoms with E-state index in [0.717, 1.165) is 16.8 Å². The van der Waals surface area contributed by atoms with E-state index in [0.29, 0.717) is 0 Å². The number of ether oxygens (including phenoxy) is 1. The second-order valence-electron chi connectivity index (χ2n) is 8.38. The standard InChI is InChI=1S/C24H20ClF4N7O4S/c1-4-41(38,39)35-21(37)15-8-13(10-30-22(15)40-3)16-11-31-23(32-14-5-6-18(26)17(25)9-14)33-20(16)36-12(2)7-19(34-36)24(27,28)29/h5-11H,4H2,1-3H3,(H,35,37)(H,31,32,33). The van der Waals surface area contributed by atoms with E-state index in [4.69, 9.17) is 16.3 Å². The molecule has 0 atom stereocenters. The molecule has 0 radical (unpaired) electrons. The number of amides is 1. The summed E-state index contributed by atoms with van der Waals surface area (Å²) >= 11 is 5.83. The zero-order chi connectivity index (χ0) is 30.1. The van der Waals surface area contributed by atoms with Crippen LogP contribution in [0.3, 0.4) is 0 Å². The number of carbonyl (C=O) groups excluding carboxylic acids is 1. The maximum atomic E-state index is 13.6. The van der Waals surface area contributed by atoms with E-state index in [1.165, 1.54) is 51.6 Å². The minimum absolute atomic E-state index is 0.0570. The van der Waals surface area contributed by atoms with Gasteiger partial charge in [0.2, 0.25) is 21.9 Å². The highest BCUT2D eigenvalue weighted by Crippen LogP contribution is 2.33.